The largest absolute Gasteiger partial charge is 0.346 e. The molecule has 18 heavy (non-hydrogen) atoms. The second-order valence-corrected chi connectivity index (χ2v) is 4.75. The Hall–Kier alpha value is -1.87. The van der Waals surface area contributed by atoms with Crippen LogP contribution in [0.2, 0.25) is 5.02 Å². The van der Waals surface area contributed by atoms with Crippen molar-refractivity contribution in [3.8, 4) is 0 Å². The summed E-state index contributed by atoms with van der Waals surface area (Å²) < 4.78 is 0. The quantitative estimate of drug-likeness (QED) is 0.825. The smallest absolute Gasteiger partial charge is 0.304 e. The molecule has 0 spiro atoms. The lowest BCUT2D eigenvalue weighted by molar-refractivity contribution is 0.253. The van der Waals surface area contributed by atoms with Crippen LogP contribution in [0, 0.1) is 6.92 Å². The van der Waals surface area contributed by atoms with Gasteiger partial charge in [0.15, 0.2) is 0 Å². The Morgan fingerprint density at radius 1 is 1.39 bits per heavy atom. The van der Waals surface area contributed by atoms with Gasteiger partial charge in [0.25, 0.3) is 0 Å². The number of allylic oxidation sites excluding steroid dienone is 3. The van der Waals surface area contributed by atoms with Gasteiger partial charge in [-0.25, -0.2) is 4.79 Å². The van der Waals surface area contributed by atoms with Crippen LogP contribution in [0.25, 0.3) is 0 Å². The number of fused-ring (bicyclic) bond motifs is 1. The second kappa shape index (κ2) is 4.10. The fourth-order valence-electron chi connectivity index (χ4n) is 2.18. The maximum atomic E-state index is 11.2. The number of halogens is 1. The van der Waals surface area contributed by atoms with Crippen LogP contribution in [0.5, 0.6) is 0 Å². The van der Waals surface area contributed by atoms with E-state index in [1.165, 1.54) is 0 Å². The molecule has 4 heteroatoms. The lowest BCUT2D eigenvalue weighted by atomic mass is 9.92. The molecule has 0 bridgehead atoms. The zero-order valence-corrected chi connectivity index (χ0v) is 10.5. The van der Waals surface area contributed by atoms with Crippen molar-refractivity contribution in [1.82, 2.24) is 5.32 Å². The molecule has 1 aromatic rings. The fourth-order valence-corrected chi connectivity index (χ4v) is 2.43. The average Bonchev–Trinajstić information content (AvgIpc) is 2.71. The number of benzene rings is 1. The highest BCUT2D eigenvalue weighted by Crippen LogP contribution is 2.32. The first-order chi connectivity index (χ1) is 8.65. The van der Waals surface area contributed by atoms with Gasteiger partial charge in [-0.05, 0) is 30.2 Å². The first kappa shape index (κ1) is 11.2. The van der Waals surface area contributed by atoms with Gasteiger partial charge in [0, 0.05) is 10.9 Å². The van der Waals surface area contributed by atoms with E-state index in [0.29, 0.717) is 5.71 Å². The Morgan fingerprint density at radius 2 is 2.22 bits per heavy atom. The molecule has 1 aromatic carbocycles. The monoisotopic (exact) mass is 258 g/mol. The Balaban J connectivity index is 2.01. The molecule has 0 saturated heterocycles. The van der Waals surface area contributed by atoms with Crippen molar-refractivity contribution in [2.24, 2.45) is 4.99 Å². The van der Waals surface area contributed by atoms with E-state index in [1.807, 2.05) is 43.4 Å². The van der Waals surface area contributed by atoms with Gasteiger partial charge in [-0.2, -0.15) is 4.99 Å². The highest BCUT2D eigenvalue weighted by Gasteiger charge is 2.23. The van der Waals surface area contributed by atoms with Crippen molar-refractivity contribution < 1.29 is 4.79 Å². The van der Waals surface area contributed by atoms with Crippen LogP contribution in [0.3, 0.4) is 0 Å². The van der Waals surface area contributed by atoms with Crippen molar-refractivity contribution >= 4 is 23.3 Å². The van der Waals surface area contributed by atoms with Crippen molar-refractivity contribution in [3.63, 3.8) is 0 Å². The van der Waals surface area contributed by atoms with E-state index in [4.69, 9.17) is 11.6 Å². The van der Waals surface area contributed by atoms with Crippen LogP contribution in [-0.4, -0.2) is 11.7 Å². The first-order valence-electron chi connectivity index (χ1n) is 5.70. The third-order valence-electron chi connectivity index (χ3n) is 3.13. The minimum Gasteiger partial charge on any atom is -0.304 e. The average molecular weight is 259 g/mol. The van der Waals surface area contributed by atoms with Crippen LogP contribution in [-0.2, 0) is 0 Å². The predicted molar refractivity (Wildman–Crippen MR) is 72.1 cm³/mol. The number of amides is 2. The van der Waals surface area contributed by atoms with E-state index >= 15 is 0 Å². The summed E-state index contributed by atoms with van der Waals surface area (Å²) in [5.41, 5.74) is 3.56. The first-order valence-corrected chi connectivity index (χ1v) is 6.08. The van der Waals surface area contributed by atoms with Crippen molar-refractivity contribution in [3.05, 3.63) is 58.3 Å². The van der Waals surface area contributed by atoms with Crippen molar-refractivity contribution in [2.75, 3.05) is 0 Å². The molecule has 3 nitrogen and oxygen atoms in total. The maximum Gasteiger partial charge on any atom is 0.346 e. The van der Waals surface area contributed by atoms with Crippen LogP contribution in [0.4, 0.5) is 4.79 Å². The van der Waals surface area contributed by atoms with Gasteiger partial charge in [-0.1, -0.05) is 35.9 Å². The molecule has 2 aliphatic rings. The summed E-state index contributed by atoms with van der Waals surface area (Å²) in [7, 11) is 0. The Bertz CT molecular complexity index is 629. The van der Waals surface area contributed by atoms with Gasteiger partial charge in [-0.15, -0.1) is 0 Å². The van der Waals surface area contributed by atoms with E-state index in [9.17, 15) is 4.79 Å². The van der Waals surface area contributed by atoms with Gasteiger partial charge in [-0.3, -0.25) is 0 Å². The summed E-state index contributed by atoms with van der Waals surface area (Å²) in [6, 6.07) is 5.66. The minimum atomic E-state index is -0.308. The molecule has 1 heterocycles. The Morgan fingerprint density at radius 3 is 3.06 bits per heavy atom. The van der Waals surface area contributed by atoms with Gasteiger partial charge >= 0.3 is 6.03 Å². The predicted octanol–water partition coefficient (Wildman–Crippen LogP) is 3.35. The topological polar surface area (TPSA) is 41.5 Å². The van der Waals surface area contributed by atoms with Crippen LogP contribution < -0.4 is 5.32 Å². The third kappa shape index (κ3) is 1.77. The second-order valence-electron chi connectivity index (χ2n) is 4.37. The summed E-state index contributed by atoms with van der Waals surface area (Å²) in [5, 5.41) is 3.49. The lowest BCUT2D eigenvalue weighted by Gasteiger charge is -2.16. The molecule has 1 N–H and O–H groups in total. The van der Waals surface area contributed by atoms with E-state index in [1.54, 1.807) is 0 Å². The number of hydrogen-bond donors (Lipinski definition) is 1. The molecule has 1 aliphatic carbocycles. The highest BCUT2D eigenvalue weighted by atomic mass is 35.5. The number of nitrogens with one attached hydrogen (secondary N) is 1. The third-order valence-corrected chi connectivity index (χ3v) is 3.64. The summed E-state index contributed by atoms with van der Waals surface area (Å²) in [6.45, 7) is 1.98. The zero-order valence-electron chi connectivity index (χ0n) is 9.77. The van der Waals surface area contributed by atoms with Gasteiger partial charge in [0.05, 0.1) is 11.4 Å². The lowest BCUT2D eigenvalue weighted by Crippen LogP contribution is -2.17. The van der Waals surface area contributed by atoms with Gasteiger partial charge in [0.1, 0.15) is 0 Å². The number of carbonyl (C=O) groups excluding carboxylic acids is 1. The summed E-state index contributed by atoms with van der Waals surface area (Å²) >= 11 is 6.32. The summed E-state index contributed by atoms with van der Waals surface area (Å²) in [4.78, 5) is 15.0. The Kier molecular flexibility index (Phi) is 2.56. The number of urea groups is 1. The highest BCUT2D eigenvalue weighted by molar-refractivity contribution is 6.32. The van der Waals surface area contributed by atoms with E-state index in [-0.39, 0.29) is 11.9 Å². The fraction of sp³-hybridized carbons (Fsp3) is 0.143. The van der Waals surface area contributed by atoms with Crippen molar-refractivity contribution in [1.29, 1.82) is 0 Å². The molecule has 3 rings (SSSR count). The number of carbonyl (C=O) groups is 1. The molecular formula is C14H11ClN2O. The van der Waals surface area contributed by atoms with Crippen LogP contribution in [0.15, 0.2) is 47.1 Å². The maximum absolute atomic E-state index is 11.2. The molecule has 0 fully saturated rings. The molecule has 0 radical (unpaired) electrons. The number of nitrogens with zero attached hydrogens (tertiary/aromatic N) is 1. The molecule has 1 unspecified atom stereocenters. The van der Waals surface area contributed by atoms with Crippen LogP contribution in [0.1, 0.15) is 17.0 Å². The molecule has 2 amide bonds. The molecule has 0 aromatic heterocycles. The zero-order chi connectivity index (χ0) is 12.7. The van der Waals surface area contributed by atoms with Gasteiger partial charge in [0.2, 0.25) is 0 Å². The molecule has 90 valence electrons. The molecule has 0 saturated carbocycles. The van der Waals surface area contributed by atoms with Crippen molar-refractivity contribution in [2.45, 2.75) is 12.8 Å². The van der Waals surface area contributed by atoms with E-state index < -0.39 is 0 Å². The summed E-state index contributed by atoms with van der Waals surface area (Å²) in [6.07, 6.45) is 5.84. The number of hydrogen-bond acceptors (Lipinski definition) is 1. The number of aryl methyl sites for hydroxylation is 1. The van der Waals surface area contributed by atoms with E-state index in [0.717, 1.165) is 21.8 Å². The molecule has 1 atom stereocenters. The normalized spacial score (nSPS) is 21.2. The number of aliphatic imine (C=N–C) groups is 1. The van der Waals surface area contributed by atoms with E-state index in [2.05, 4.69) is 10.3 Å². The SMILES string of the molecule is Cc1cccc(C2C=CC3=NC(=O)NC3=C2)c1Cl. The Labute approximate surface area is 110 Å². The molecular weight excluding hydrogens is 248 g/mol. The number of rotatable bonds is 1. The standard InChI is InChI=1S/C14H11ClN2O/c1-8-3-2-4-10(13(8)15)9-5-6-11-12(7-9)17-14(18)16-11/h2-7,9H,1H3,(H,17,18). The van der Waals surface area contributed by atoms with Gasteiger partial charge < -0.3 is 5.32 Å². The minimum absolute atomic E-state index is 0.0738. The van der Waals surface area contributed by atoms with Crippen LogP contribution >= 0.6 is 11.6 Å². The molecule has 1 aliphatic heterocycles. The summed E-state index contributed by atoms with van der Waals surface area (Å²) in [5.74, 6) is 0.0738.